The monoisotopic (exact) mass is 276 g/mol. The second kappa shape index (κ2) is 5.71. The summed E-state index contributed by atoms with van der Waals surface area (Å²) < 4.78 is 26.8. The van der Waals surface area contributed by atoms with Gasteiger partial charge in [0.1, 0.15) is 11.6 Å². The number of halogens is 2. The van der Waals surface area contributed by atoms with Crippen LogP contribution >= 0.6 is 0 Å². The fraction of sp³-hybridized carbons (Fsp3) is 0.294. The van der Waals surface area contributed by atoms with Gasteiger partial charge in [-0.1, -0.05) is 31.2 Å². The Morgan fingerprint density at radius 3 is 2.30 bits per heavy atom. The third-order valence-electron chi connectivity index (χ3n) is 3.53. The van der Waals surface area contributed by atoms with E-state index < -0.39 is 17.2 Å². The fourth-order valence-corrected chi connectivity index (χ4v) is 2.25. The predicted molar refractivity (Wildman–Crippen MR) is 75.5 cm³/mol. The highest BCUT2D eigenvalue weighted by Gasteiger charge is 2.25. The normalized spacial score (nSPS) is 14.1. The Kier molecular flexibility index (Phi) is 4.19. The molecule has 0 spiro atoms. The molecule has 3 heteroatoms. The van der Waals surface area contributed by atoms with E-state index in [0.29, 0.717) is 5.56 Å². The maximum absolute atomic E-state index is 13.7. The Morgan fingerprint density at radius 1 is 1.05 bits per heavy atom. The van der Waals surface area contributed by atoms with Crippen molar-refractivity contribution in [1.82, 2.24) is 0 Å². The number of aryl methyl sites for hydroxylation is 1. The van der Waals surface area contributed by atoms with E-state index in [4.69, 9.17) is 0 Å². The van der Waals surface area contributed by atoms with E-state index in [1.807, 2.05) is 24.3 Å². The van der Waals surface area contributed by atoms with Crippen LogP contribution in [0.25, 0.3) is 0 Å². The van der Waals surface area contributed by atoms with Crippen molar-refractivity contribution in [2.24, 2.45) is 0 Å². The SMILES string of the molecule is CCc1ccc(C(C)(O)Cc2cc(F)ccc2F)cc1. The Morgan fingerprint density at radius 2 is 1.70 bits per heavy atom. The quantitative estimate of drug-likeness (QED) is 0.895. The summed E-state index contributed by atoms with van der Waals surface area (Å²) in [5.41, 5.74) is 0.801. The maximum atomic E-state index is 13.7. The van der Waals surface area contributed by atoms with Gasteiger partial charge in [0.05, 0.1) is 5.60 Å². The first-order valence-corrected chi connectivity index (χ1v) is 6.68. The van der Waals surface area contributed by atoms with Crippen molar-refractivity contribution in [1.29, 1.82) is 0 Å². The molecule has 0 saturated heterocycles. The fourth-order valence-electron chi connectivity index (χ4n) is 2.25. The van der Waals surface area contributed by atoms with Gasteiger partial charge in [0.25, 0.3) is 0 Å². The minimum absolute atomic E-state index is 0.0298. The van der Waals surface area contributed by atoms with Gasteiger partial charge in [-0.05, 0) is 48.2 Å². The molecule has 106 valence electrons. The van der Waals surface area contributed by atoms with Crippen molar-refractivity contribution in [3.8, 4) is 0 Å². The molecule has 0 fully saturated rings. The molecule has 1 unspecified atom stereocenters. The minimum atomic E-state index is -1.24. The third kappa shape index (κ3) is 3.23. The molecule has 0 bridgehead atoms. The van der Waals surface area contributed by atoms with Gasteiger partial charge in [-0.25, -0.2) is 8.78 Å². The maximum Gasteiger partial charge on any atom is 0.126 e. The van der Waals surface area contributed by atoms with E-state index in [1.165, 1.54) is 5.56 Å². The summed E-state index contributed by atoms with van der Waals surface area (Å²) in [6, 6.07) is 10.8. The second-order valence-corrected chi connectivity index (χ2v) is 5.24. The highest BCUT2D eigenvalue weighted by Crippen LogP contribution is 2.27. The predicted octanol–water partition coefficient (Wildman–Crippen LogP) is 3.98. The first-order chi connectivity index (χ1) is 9.42. The Bertz CT molecular complexity index is 588. The van der Waals surface area contributed by atoms with Gasteiger partial charge in [-0.2, -0.15) is 0 Å². The molecule has 0 amide bonds. The molecule has 0 aliphatic carbocycles. The summed E-state index contributed by atoms with van der Waals surface area (Å²) in [6.07, 6.45) is 0.947. The molecule has 0 saturated carbocycles. The number of benzene rings is 2. The zero-order valence-electron chi connectivity index (χ0n) is 11.7. The molecule has 1 N–H and O–H groups in total. The Hall–Kier alpha value is -1.74. The van der Waals surface area contributed by atoms with Gasteiger partial charge < -0.3 is 5.11 Å². The molecule has 0 heterocycles. The van der Waals surface area contributed by atoms with Gasteiger partial charge in [0, 0.05) is 6.42 Å². The van der Waals surface area contributed by atoms with E-state index in [2.05, 4.69) is 6.92 Å². The van der Waals surface area contributed by atoms with Crippen molar-refractivity contribution < 1.29 is 13.9 Å². The molecule has 1 nitrogen and oxygen atoms in total. The van der Waals surface area contributed by atoms with E-state index >= 15 is 0 Å². The lowest BCUT2D eigenvalue weighted by molar-refractivity contribution is 0.0566. The molecule has 0 aliphatic heterocycles. The summed E-state index contributed by atoms with van der Waals surface area (Å²) >= 11 is 0. The van der Waals surface area contributed by atoms with Crippen molar-refractivity contribution in [3.63, 3.8) is 0 Å². The molecule has 0 aliphatic rings. The van der Waals surface area contributed by atoms with Crippen molar-refractivity contribution in [2.75, 3.05) is 0 Å². The van der Waals surface area contributed by atoms with E-state index in [9.17, 15) is 13.9 Å². The van der Waals surface area contributed by atoms with Crippen LogP contribution in [0, 0.1) is 11.6 Å². The third-order valence-corrected chi connectivity index (χ3v) is 3.53. The Balaban J connectivity index is 2.27. The summed E-state index contributed by atoms with van der Waals surface area (Å²) in [4.78, 5) is 0. The average Bonchev–Trinajstić information content (AvgIpc) is 2.43. The van der Waals surface area contributed by atoms with Crippen molar-refractivity contribution in [3.05, 3.63) is 70.8 Å². The average molecular weight is 276 g/mol. The number of hydrogen-bond donors (Lipinski definition) is 1. The van der Waals surface area contributed by atoms with Gasteiger partial charge in [0.15, 0.2) is 0 Å². The van der Waals surface area contributed by atoms with Gasteiger partial charge in [-0.15, -0.1) is 0 Å². The van der Waals surface area contributed by atoms with E-state index in [1.54, 1.807) is 6.92 Å². The Labute approximate surface area is 117 Å². The topological polar surface area (TPSA) is 20.2 Å². The first kappa shape index (κ1) is 14.7. The summed E-state index contributed by atoms with van der Waals surface area (Å²) in [6.45, 7) is 3.66. The van der Waals surface area contributed by atoms with Gasteiger partial charge >= 0.3 is 0 Å². The largest absolute Gasteiger partial charge is 0.385 e. The molecule has 2 aromatic carbocycles. The van der Waals surface area contributed by atoms with E-state index in [-0.39, 0.29) is 12.0 Å². The summed E-state index contributed by atoms with van der Waals surface area (Å²) in [5.74, 6) is -1.00. The number of rotatable bonds is 4. The summed E-state index contributed by atoms with van der Waals surface area (Å²) in [7, 11) is 0. The molecule has 1 atom stereocenters. The van der Waals surface area contributed by atoms with Crippen LogP contribution in [-0.2, 0) is 18.4 Å². The zero-order chi connectivity index (χ0) is 14.8. The lowest BCUT2D eigenvalue weighted by atomic mass is 9.88. The van der Waals surface area contributed by atoms with E-state index in [0.717, 1.165) is 24.6 Å². The standard InChI is InChI=1S/C17H18F2O/c1-3-12-4-6-14(7-5-12)17(2,20)11-13-10-15(18)8-9-16(13)19/h4-10,20H,3,11H2,1-2H3. The molecule has 20 heavy (non-hydrogen) atoms. The molecule has 2 rings (SSSR count). The molecule has 0 aromatic heterocycles. The van der Waals surface area contributed by atoms with Crippen LogP contribution in [0.3, 0.4) is 0 Å². The van der Waals surface area contributed by atoms with Crippen LogP contribution in [0.1, 0.15) is 30.5 Å². The van der Waals surface area contributed by atoms with Crippen molar-refractivity contribution >= 4 is 0 Å². The van der Waals surface area contributed by atoms with Gasteiger partial charge in [0.2, 0.25) is 0 Å². The number of aliphatic hydroxyl groups is 1. The van der Waals surface area contributed by atoms with Crippen LogP contribution in [0.5, 0.6) is 0 Å². The smallest absolute Gasteiger partial charge is 0.126 e. The van der Waals surface area contributed by atoms with Crippen LogP contribution in [0.15, 0.2) is 42.5 Å². The summed E-state index contributed by atoms with van der Waals surface area (Å²) in [5, 5.41) is 10.5. The molecule has 2 aromatic rings. The highest BCUT2D eigenvalue weighted by atomic mass is 19.1. The van der Waals surface area contributed by atoms with Crippen molar-refractivity contribution in [2.45, 2.75) is 32.3 Å². The minimum Gasteiger partial charge on any atom is -0.385 e. The highest BCUT2D eigenvalue weighted by molar-refractivity contribution is 5.30. The lowest BCUT2D eigenvalue weighted by Gasteiger charge is -2.24. The molecular formula is C17H18F2O. The lowest BCUT2D eigenvalue weighted by Crippen LogP contribution is -2.25. The molecular weight excluding hydrogens is 258 g/mol. The van der Waals surface area contributed by atoms with Crippen LogP contribution in [0.2, 0.25) is 0 Å². The molecule has 0 radical (unpaired) electrons. The van der Waals surface area contributed by atoms with Crippen LogP contribution < -0.4 is 0 Å². The zero-order valence-corrected chi connectivity index (χ0v) is 11.7. The second-order valence-electron chi connectivity index (χ2n) is 5.24. The van der Waals surface area contributed by atoms with Gasteiger partial charge in [-0.3, -0.25) is 0 Å². The number of hydrogen-bond acceptors (Lipinski definition) is 1. The van der Waals surface area contributed by atoms with Crippen LogP contribution in [-0.4, -0.2) is 5.11 Å². The first-order valence-electron chi connectivity index (χ1n) is 6.68. The van der Waals surface area contributed by atoms with Crippen LogP contribution in [0.4, 0.5) is 8.78 Å².